The third-order valence-corrected chi connectivity index (χ3v) is 3.56. The van der Waals surface area contributed by atoms with Crippen LogP contribution in [0.2, 0.25) is 0 Å². The third kappa shape index (κ3) is 2.12. The Morgan fingerprint density at radius 2 is 1.61 bits per heavy atom. The molecule has 1 atom stereocenters. The minimum atomic E-state index is 0.270. The highest BCUT2D eigenvalue weighted by molar-refractivity contribution is 5.36. The van der Waals surface area contributed by atoms with Gasteiger partial charge in [0.25, 0.3) is 0 Å². The number of hydrogen-bond donors (Lipinski definition) is 1. The molecular weight excluding hydrogens is 222 g/mol. The Kier molecular flexibility index (Phi) is 3.03. The van der Waals surface area contributed by atoms with Gasteiger partial charge in [-0.2, -0.15) is 0 Å². The van der Waals surface area contributed by atoms with Crippen molar-refractivity contribution in [1.29, 1.82) is 0 Å². The van der Waals surface area contributed by atoms with Gasteiger partial charge >= 0.3 is 0 Å². The van der Waals surface area contributed by atoms with Crippen molar-refractivity contribution >= 4 is 0 Å². The first-order chi connectivity index (χ1) is 8.84. The van der Waals surface area contributed by atoms with Crippen LogP contribution in [-0.4, -0.2) is 23.1 Å². The molecule has 0 aromatic heterocycles. The van der Waals surface area contributed by atoms with Crippen LogP contribution in [0.5, 0.6) is 5.75 Å². The van der Waals surface area contributed by atoms with E-state index in [-0.39, 0.29) is 6.04 Å². The molecule has 92 valence electrons. The summed E-state index contributed by atoms with van der Waals surface area (Å²) in [6.07, 6.45) is 1.27. The highest BCUT2D eigenvalue weighted by atomic mass is 16.3. The fraction of sp³-hybridized carbons (Fsp3) is 0.250. The molecule has 1 fully saturated rings. The van der Waals surface area contributed by atoms with Gasteiger partial charge < -0.3 is 5.11 Å². The second-order valence-corrected chi connectivity index (χ2v) is 4.80. The highest BCUT2D eigenvalue weighted by Crippen LogP contribution is 2.33. The van der Waals surface area contributed by atoms with Crippen molar-refractivity contribution in [2.75, 3.05) is 13.1 Å². The molecule has 2 aromatic carbocycles. The first-order valence-electron chi connectivity index (χ1n) is 6.42. The Bertz CT molecular complexity index is 520. The van der Waals surface area contributed by atoms with E-state index in [2.05, 4.69) is 35.2 Å². The lowest BCUT2D eigenvalue weighted by Gasteiger charge is -2.39. The molecule has 1 aliphatic rings. The molecule has 0 aliphatic carbocycles. The van der Waals surface area contributed by atoms with Crippen LogP contribution in [0.4, 0.5) is 0 Å². The summed E-state index contributed by atoms with van der Waals surface area (Å²) < 4.78 is 0. The zero-order chi connectivity index (χ0) is 12.4. The molecule has 0 spiro atoms. The Labute approximate surface area is 107 Å². The molecule has 3 rings (SSSR count). The lowest BCUT2D eigenvalue weighted by molar-refractivity contribution is 0.140. The first kappa shape index (κ1) is 11.3. The Balaban J connectivity index is 2.00. The number of phenols is 1. The summed E-state index contributed by atoms with van der Waals surface area (Å²) in [6.45, 7) is 2.27. The zero-order valence-corrected chi connectivity index (χ0v) is 10.3. The predicted octanol–water partition coefficient (Wildman–Crippen LogP) is 3.19. The summed E-state index contributed by atoms with van der Waals surface area (Å²) in [6, 6.07) is 18.4. The lowest BCUT2D eigenvalue weighted by Crippen LogP contribution is -2.40. The number of rotatable bonds is 3. The zero-order valence-electron chi connectivity index (χ0n) is 10.3. The van der Waals surface area contributed by atoms with Gasteiger partial charge in [0.1, 0.15) is 5.75 Å². The maximum atomic E-state index is 9.66. The predicted molar refractivity (Wildman–Crippen MR) is 72.6 cm³/mol. The molecule has 0 radical (unpaired) electrons. The van der Waals surface area contributed by atoms with Crippen LogP contribution in [-0.2, 0) is 0 Å². The van der Waals surface area contributed by atoms with Crippen molar-refractivity contribution in [1.82, 2.24) is 4.90 Å². The number of hydrogen-bond acceptors (Lipinski definition) is 2. The molecule has 2 aromatic rings. The molecule has 0 amide bonds. The van der Waals surface area contributed by atoms with Crippen molar-refractivity contribution in [3.8, 4) is 5.75 Å². The topological polar surface area (TPSA) is 23.5 Å². The molecule has 1 N–H and O–H groups in total. The number of aromatic hydroxyl groups is 1. The highest BCUT2D eigenvalue weighted by Gasteiger charge is 2.26. The third-order valence-electron chi connectivity index (χ3n) is 3.56. The second kappa shape index (κ2) is 4.83. The van der Waals surface area contributed by atoms with E-state index in [1.165, 1.54) is 17.5 Å². The van der Waals surface area contributed by atoms with Crippen LogP contribution in [0, 0.1) is 0 Å². The maximum absolute atomic E-state index is 9.66. The van der Waals surface area contributed by atoms with Gasteiger partial charge in [-0.3, -0.25) is 4.90 Å². The summed E-state index contributed by atoms with van der Waals surface area (Å²) in [7, 11) is 0. The van der Waals surface area contributed by atoms with Crippen molar-refractivity contribution in [3.63, 3.8) is 0 Å². The van der Waals surface area contributed by atoms with E-state index < -0.39 is 0 Å². The van der Waals surface area contributed by atoms with Gasteiger partial charge in [-0.1, -0.05) is 42.5 Å². The molecular formula is C16H17NO. The van der Waals surface area contributed by atoms with Gasteiger partial charge in [0.15, 0.2) is 0 Å². The van der Waals surface area contributed by atoms with Crippen molar-refractivity contribution < 1.29 is 5.11 Å². The molecule has 0 saturated carbocycles. The Morgan fingerprint density at radius 1 is 0.889 bits per heavy atom. The van der Waals surface area contributed by atoms with Crippen molar-refractivity contribution in [3.05, 3.63) is 65.7 Å². The van der Waals surface area contributed by atoms with Crippen LogP contribution in [0.25, 0.3) is 0 Å². The van der Waals surface area contributed by atoms with Crippen molar-refractivity contribution in [2.45, 2.75) is 12.5 Å². The molecule has 18 heavy (non-hydrogen) atoms. The van der Waals surface area contributed by atoms with Gasteiger partial charge in [-0.15, -0.1) is 0 Å². The van der Waals surface area contributed by atoms with Crippen LogP contribution >= 0.6 is 0 Å². The van der Waals surface area contributed by atoms with E-state index in [1.807, 2.05) is 18.2 Å². The molecule has 1 unspecified atom stereocenters. The largest absolute Gasteiger partial charge is 0.508 e. The molecule has 0 bridgehead atoms. The van der Waals surface area contributed by atoms with Crippen molar-refractivity contribution in [2.24, 2.45) is 0 Å². The number of phenolic OH excluding ortho intramolecular Hbond substituents is 1. The van der Waals surface area contributed by atoms with E-state index >= 15 is 0 Å². The van der Waals surface area contributed by atoms with E-state index in [1.54, 1.807) is 6.07 Å². The first-order valence-corrected chi connectivity index (χ1v) is 6.42. The van der Waals surface area contributed by atoms with Gasteiger partial charge in [-0.05, 0) is 29.7 Å². The number of nitrogens with zero attached hydrogens (tertiary/aromatic N) is 1. The molecule has 1 saturated heterocycles. The molecule has 2 nitrogen and oxygen atoms in total. The van der Waals surface area contributed by atoms with Crippen LogP contribution in [0.3, 0.4) is 0 Å². The Morgan fingerprint density at radius 3 is 2.22 bits per heavy atom. The minimum absolute atomic E-state index is 0.270. The maximum Gasteiger partial charge on any atom is 0.115 e. The van der Waals surface area contributed by atoms with Gasteiger partial charge in [0.05, 0.1) is 6.04 Å². The summed E-state index contributed by atoms with van der Waals surface area (Å²) in [5.41, 5.74) is 2.46. The quantitative estimate of drug-likeness (QED) is 0.889. The van der Waals surface area contributed by atoms with E-state index in [9.17, 15) is 5.11 Å². The van der Waals surface area contributed by atoms with E-state index in [0.29, 0.717) is 5.75 Å². The normalized spacial score (nSPS) is 17.1. The molecule has 1 heterocycles. The average Bonchev–Trinajstić information content (AvgIpc) is 2.34. The van der Waals surface area contributed by atoms with Crippen LogP contribution in [0.15, 0.2) is 54.6 Å². The number of likely N-dealkylation sites (tertiary alicyclic amines) is 1. The van der Waals surface area contributed by atoms with Gasteiger partial charge in [0, 0.05) is 13.1 Å². The van der Waals surface area contributed by atoms with Crippen LogP contribution in [0.1, 0.15) is 23.6 Å². The Hall–Kier alpha value is -1.80. The summed E-state index contributed by atoms with van der Waals surface area (Å²) in [5, 5.41) is 9.66. The number of benzene rings is 2. The van der Waals surface area contributed by atoms with E-state index in [4.69, 9.17) is 0 Å². The molecule has 1 aliphatic heterocycles. The van der Waals surface area contributed by atoms with Gasteiger partial charge in [-0.25, -0.2) is 0 Å². The SMILES string of the molecule is Oc1cccc(C(c2ccccc2)N2CCC2)c1. The monoisotopic (exact) mass is 239 g/mol. The fourth-order valence-electron chi connectivity index (χ4n) is 2.54. The lowest BCUT2D eigenvalue weighted by atomic mass is 9.94. The minimum Gasteiger partial charge on any atom is -0.508 e. The summed E-state index contributed by atoms with van der Waals surface area (Å²) in [4.78, 5) is 2.45. The fourth-order valence-corrected chi connectivity index (χ4v) is 2.54. The molecule has 2 heteroatoms. The second-order valence-electron chi connectivity index (χ2n) is 4.80. The van der Waals surface area contributed by atoms with Crippen LogP contribution < -0.4 is 0 Å². The average molecular weight is 239 g/mol. The van der Waals surface area contributed by atoms with E-state index in [0.717, 1.165) is 13.1 Å². The summed E-state index contributed by atoms with van der Waals surface area (Å²) in [5.74, 6) is 0.342. The van der Waals surface area contributed by atoms with Gasteiger partial charge in [0.2, 0.25) is 0 Å². The standard InChI is InChI=1S/C16H17NO/c18-15-9-4-8-14(12-15)16(17-10-5-11-17)13-6-2-1-3-7-13/h1-4,6-9,12,16,18H,5,10-11H2. The summed E-state index contributed by atoms with van der Waals surface area (Å²) >= 11 is 0. The smallest absolute Gasteiger partial charge is 0.115 e.